The molecule has 0 amide bonds. The number of nitrogen functional groups attached to an aromatic ring is 1. The van der Waals surface area contributed by atoms with Crippen molar-refractivity contribution in [3.63, 3.8) is 0 Å². The molecule has 62 valence electrons. The van der Waals surface area contributed by atoms with Crippen molar-refractivity contribution in [3.8, 4) is 0 Å². The molecule has 5 heteroatoms. The predicted molar refractivity (Wildman–Crippen MR) is 42.6 cm³/mol. The summed E-state index contributed by atoms with van der Waals surface area (Å²) in [6, 6.07) is -0.0986. The highest BCUT2D eigenvalue weighted by atomic mass is 15.4. The standard InChI is InChI=1S/C6H13N5/c1-3-4(7)5-9-6(8)11(2)10-5/h4H,3,7H2,1-2H3,(H2,8,9,10)/t4-/m0/s1. The van der Waals surface area contributed by atoms with Gasteiger partial charge in [-0.15, -0.1) is 0 Å². The lowest BCUT2D eigenvalue weighted by Crippen LogP contribution is -2.10. The van der Waals surface area contributed by atoms with Gasteiger partial charge in [0.25, 0.3) is 0 Å². The molecule has 1 heterocycles. The monoisotopic (exact) mass is 155 g/mol. The van der Waals surface area contributed by atoms with E-state index >= 15 is 0 Å². The van der Waals surface area contributed by atoms with Crippen LogP contribution in [0.4, 0.5) is 5.95 Å². The van der Waals surface area contributed by atoms with Crippen LogP contribution in [0.15, 0.2) is 0 Å². The molecule has 0 aliphatic carbocycles. The molecule has 1 aromatic heterocycles. The number of hydrogen-bond acceptors (Lipinski definition) is 4. The van der Waals surface area contributed by atoms with Crippen molar-refractivity contribution in [1.29, 1.82) is 0 Å². The molecule has 1 aromatic rings. The molecule has 1 atom stereocenters. The summed E-state index contributed by atoms with van der Waals surface area (Å²) in [4.78, 5) is 3.99. The molecule has 5 nitrogen and oxygen atoms in total. The number of aryl methyl sites for hydroxylation is 1. The third-order valence-electron chi connectivity index (χ3n) is 1.58. The zero-order valence-electron chi connectivity index (χ0n) is 6.78. The van der Waals surface area contributed by atoms with Gasteiger partial charge in [-0.2, -0.15) is 10.1 Å². The lowest BCUT2D eigenvalue weighted by molar-refractivity contribution is 0.633. The van der Waals surface area contributed by atoms with Gasteiger partial charge in [0.2, 0.25) is 5.95 Å². The zero-order chi connectivity index (χ0) is 8.43. The molecule has 11 heavy (non-hydrogen) atoms. The van der Waals surface area contributed by atoms with E-state index in [9.17, 15) is 0 Å². The number of nitrogens with two attached hydrogens (primary N) is 2. The second-order valence-electron chi connectivity index (χ2n) is 2.47. The van der Waals surface area contributed by atoms with E-state index in [-0.39, 0.29) is 6.04 Å². The summed E-state index contributed by atoms with van der Waals surface area (Å²) in [6.07, 6.45) is 0.823. The molecule has 0 fully saturated rings. The number of aromatic nitrogens is 3. The van der Waals surface area contributed by atoms with Crippen LogP contribution in [0.25, 0.3) is 0 Å². The molecule has 0 saturated heterocycles. The van der Waals surface area contributed by atoms with Crippen LogP contribution in [0.1, 0.15) is 25.2 Å². The van der Waals surface area contributed by atoms with Gasteiger partial charge in [0.05, 0.1) is 6.04 Å². The fraction of sp³-hybridized carbons (Fsp3) is 0.667. The van der Waals surface area contributed by atoms with Crippen molar-refractivity contribution < 1.29 is 0 Å². The van der Waals surface area contributed by atoms with Gasteiger partial charge in [0.15, 0.2) is 5.82 Å². The van der Waals surface area contributed by atoms with Crippen LogP contribution in [0.2, 0.25) is 0 Å². The summed E-state index contributed by atoms with van der Waals surface area (Å²) >= 11 is 0. The van der Waals surface area contributed by atoms with Crippen LogP contribution in [0.3, 0.4) is 0 Å². The van der Waals surface area contributed by atoms with Crippen LogP contribution >= 0.6 is 0 Å². The van der Waals surface area contributed by atoms with E-state index in [0.29, 0.717) is 11.8 Å². The Kier molecular flexibility index (Phi) is 2.09. The maximum Gasteiger partial charge on any atom is 0.218 e. The maximum atomic E-state index is 5.68. The minimum atomic E-state index is -0.0986. The average Bonchev–Trinajstić information content (AvgIpc) is 2.31. The topological polar surface area (TPSA) is 82.7 Å². The normalized spacial score (nSPS) is 13.4. The number of anilines is 1. The lowest BCUT2D eigenvalue weighted by Gasteiger charge is -2.00. The maximum absolute atomic E-state index is 5.68. The molecule has 0 aromatic carbocycles. The first-order chi connectivity index (χ1) is 5.15. The Hall–Kier alpha value is -1.10. The fourth-order valence-corrected chi connectivity index (χ4v) is 0.757. The largest absolute Gasteiger partial charge is 0.368 e. The average molecular weight is 155 g/mol. The predicted octanol–water partition coefficient (Wildman–Crippen LogP) is -0.193. The quantitative estimate of drug-likeness (QED) is 0.620. The van der Waals surface area contributed by atoms with Crippen LogP contribution < -0.4 is 11.5 Å². The summed E-state index contributed by atoms with van der Waals surface area (Å²) < 4.78 is 1.52. The number of hydrogen-bond donors (Lipinski definition) is 2. The van der Waals surface area contributed by atoms with Gasteiger partial charge in [0, 0.05) is 7.05 Å². The number of rotatable bonds is 2. The molecular formula is C6H13N5. The van der Waals surface area contributed by atoms with Gasteiger partial charge in [-0.25, -0.2) is 4.68 Å². The van der Waals surface area contributed by atoms with E-state index in [2.05, 4.69) is 10.1 Å². The third-order valence-corrected chi connectivity index (χ3v) is 1.58. The smallest absolute Gasteiger partial charge is 0.218 e. The van der Waals surface area contributed by atoms with Gasteiger partial charge >= 0.3 is 0 Å². The Morgan fingerprint density at radius 3 is 2.64 bits per heavy atom. The van der Waals surface area contributed by atoms with E-state index in [1.807, 2.05) is 6.92 Å². The Bertz CT molecular complexity index is 222. The van der Waals surface area contributed by atoms with Gasteiger partial charge in [-0.05, 0) is 6.42 Å². The minimum Gasteiger partial charge on any atom is -0.368 e. The van der Waals surface area contributed by atoms with Crippen LogP contribution in [-0.2, 0) is 7.05 Å². The van der Waals surface area contributed by atoms with Gasteiger partial charge in [0.1, 0.15) is 0 Å². The second-order valence-corrected chi connectivity index (χ2v) is 2.47. The highest BCUT2D eigenvalue weighted by Crippen LogP contribution is 2.09. The van der Waals surface area contributed by atoms with Crippen LogP contribution in [0.5, 0.6) is 0 Å². The van der Waals surface area contributed by atoms with E-state index in [1.54, 1.807) is 7.05 Å². The van der Waals surface area contributed by atoms with Gasteiger partial charge < -0.3 is 11.5 Å². The molecule has 1 rings (SSSR count). The Morgan fingerprint density at radius 1 is 1.64 bits per heavy atom. The molecule has 0 aliphatic heterocycles. The molecule has 0 unspecified atom stereocenters. The molecule has 0 radical (unpaired) electrons. The first-order valence-corrected chi connectivity index (χ1v) is 3.57. The van der Waals surface area contributed by atoms with Crippen molar-refractivity contribution in [1.82, 2.24) is 14.8 Å². The van der Waals surface area contributed by atoms with E-state index in [4.69, 9.17) is 11.5 Å². The zero-order valence-corrected chi connectivity index (χ0v) is 6.78. The highest BCUT2D eigenvalue weighted by Gasteiger charge is 2.09. The summed E-state index contributed by atoms with van der Waals surface area (Å²) in [6.45, 7) is 1.98. The minimum absolute atomic E-state index is 0.0986. The summed E-state index contributed by atoms with van der Waals surface area (Å²) in [5, 5.41) is 4.04. The Morgan fingerprint density at radius 2 is 2.27 bits per heavy atom. The molecule has 0 saturated carbocycles. The fourth-order valence-electron chi connectivity index (χ4n) is 0.757. The van der Waals surface area contributed by atoms with Gasteiger partial charge in [-0.3, -0.25) is 0 Å². The van der Waals surface area contributed by atoms with Crippen LogP contribution in [0, 0.1) is 0 Å². The first kappa shape index (κ1) is 8.00. The van der Waals surface area contributed by atoms with E-state index < -0.39 is 0 Å². The first-order valence-electron chi connectivity index (χ1n) is 3.57. The lowest BCUT2D eigenvalue weighted by atomic mass is 10.2. The molecule has 0 spiro atoms. The third kappa shape index (κ3) is 1.48. The van der Waals surface area contributed by atoms with Crippen molar-refractivity contribution in [3.05, 3.63) is 5.82 Å². The van der Waals surface area contributed by atoms with Crippen molar-refractivity contribution in [2.24, 2.45) is 12.8 Å². The molecule has 0 aliphatic rings. The Balaban J connectivity index is 2.88. The van der Waals surface area contributed by atoms with Crippen molar-refractivity contribution in [2.45, 2.75) is 19.4 Å². The molecule has 0 bridgehead atoms. The Labute approximate surface area is 65.4 Å². The summed E-state index contributed by atoms with van der Waals surface area (Å²) in [5.74, 6) is 1.02. The van der Waals surface area contributed by atoms with E-state index in [0.717, 1.165) is 6.42 Å². The van der Waals surface area contributed by atoms with Crippen LogP contribution in [-0.4, -0.2) is 14.8 Å². The van der Waals surface area contributed by atoms with Crippen molar-refractivity contribution in [2.75, 3.05) is 5.73 Å². The number of nitrogens with zero attached hydrogens (tertiary/aromatic N) is 3. The summed E-state index contributed by atoms with van der Waals surface area (Å²) in [5.41, 5.74) is 11.1. The van der Waals surface area contributed by atoms with Crippen molar-refractivity contribution >= 4 is 5.95 Å². The molecular weight excluding hydrogens is 142 g/mol. The highest BCUT2D eigenvalue weighted by molar-refractivity contribution is 5.16. The molecule has 4 N–H and O–H groups in total. The summed E-state index contributed by atoms with van der Waals surface area (Å²) in [7, 11) is 1.74. The second kappa shape index (κ2) is 2.87. The SMILES string of the molecule is CC[C@H](N)c1nc(N)n(C)n1. The van der Waals surface area contributed by atoms with E-state index in [1.165, 1.54) is 4.68 Å². The van der Waals surface area contributed by atoms with Gasteiger partial charge in [-0.1, -0.05) is 6.92 Å².